The summed E-state index contributed by atoms with van der Waals surface area (Å²) in [5.74, 6) is -3.73. The van der Waals surface area contributed by atoms with Gasteiger partial charge in [-0.05, 0) is 28.1 Å². The van der Waals surface area contributed by atoms with Crippen molar-refractivity contribution in [1.29, 1.82) is 0 Å². The zero-order valence-electron chi connectivity index (χ0n) is 10.6. The minimum Gasteiger partial charge on any atom is -0.381 e. The van der Waals surface area contributed by atoms with Gasteiger partial charge in [0.1, 0.15) is 9.84 Å². The van der Waals surface area contributed by atoms with E-state index in [1.165, 1.54) is 0 Å². The lowest BCUT2D eigenvalue weighted by atomic mass is 10.1. The fourth-order valence-electron chi connectivity index (χ4n) is 1.43. The molecule has 0 saturated carbocycles. The van der Waals surface area contributed by atoms with Crippen LogP contribution >= 0.6 is 15.9 Å². The predicted molar refractivity (Wildman–Crippen MR) is 72.7 cm³/mol. The van der Waals surface area contributed by atoms with E-state index in [4.69, 9.17) is 0 Å². The molecule has 0 aliphatic rings. The van der Waals surface area contributed by atoms with Gasteiger partial charge >= 0.3 is 6.18 Å². The van der Waals surface area contributed by atoms with Crippen molar-refractivity contribution in [3.05, 3.63) is 28.0 Å². The van der Waals surface area contributed by atoms with Crippen molar-refractivity contribution >= 4 is 37.2 Å². The number of carbonyl (C=O) groups is 1. The monoisotopic (exact) mass is 391 g/mol. The number of hydrogen-bond acceptors (Lipinski definition) is 4. The lowest BCUT2D eigenvalue weighted by Crippen LogP contribution is -2.25. The third-order valence-corrected chi connectivity index (χ3v) is 3.93. The van der Waals surface area contributed by atoms with E-state index < -0.39 is 44.6 Å². The van der Waals surface area contributed by atoms with Crippen LogP contribution in [0.4, 0.5) is 23.2 Å². The SMILES string of the molecule is CS(=O)(=O)CCNc1c(C(=O)C(F)(F)F)ccc(Br)c1F. The molecular formula is C11H10BrF4NO3S. The molecule has 0 spiro atoms. The fourth-order valence-corrected chi connectivity index (χ4v) is 2.23. The molecule has 1 N–H and O–H groups in total. The zero-order valence-corrected chi connectivity index (χ0v) is 13.0. The van der Waals surface area contributed by atoms with Gasteiger partial charge in [-0.25, -0.2) is 12.8 Å². The minimum atomic E-state index is -5.16. The highest BCUT2D eigenvalue weighted by atomic mass is 79.9. The molecule has 0 radical (unpaired) electrons. The smallest absolute Gasteiger partial charge is 0.381 e. The maximum atomic E-state index is 13.9. The van der Waals surface area contributed by atoms with Crippen LogP contribution < -0.4 is 5.32 Å². The molecule has 0 atom stereocenters. The van der Waals surface area contributed by atoms with Crippen LogP contribution in [0.2, 0.25) is 0 Å². The van der Waals surface area contributed by atoms with Gasteiger partial charge in [-0.3, -0.25) is 4.79 Å². The van der Waals surface area contributed by atoms with Crippen LogP contribution in [0.1, 0.15) is 10.4 Å². The summed E-state index contributed by atoms with van der Waals surface area (Å²) in [5, 5.41) is 2.23. The molecule has 0 unspecified atom stereocenters. The fraction of sp³-hybridized carbons (Fsp3) is 0.364. The summed E-state index contributed by atoms with van der Waals surface area (Å²) in [5.41, 5.74) is -1.59. The minimum absolute atomic E-state index is 0.150. The van der Waals surface area contributed by atoms with Gasteiger partial charge in [0.05, 0.1) is 21.5 Å². The Morgan fingerprint density at radius 3 is 2.38 bits per heavy atom. The largest absolute Gasteiger partial charge is 0.454 e. The topological polar surface area (TPSA) is 63.2 Å². The van der Waals surface area contributed by atoms with Crippen molar-refractivity contribution in [2.75, 3.05) is 23.9 Å². The summed E-state index contributed by atoms with van der Waals surface area (Å²) >= 11 is 2.79. The molecule has 10 heteroatoms. The Hall–Kier alpha value is -1.16. The van der Waals surface area contributed by atoms with Gasteiger partial charge in [0.15, 0.2) is 5.82 Å². The number of alkyl halides is 3. The maximum Gasteiger partial charge on any atom is 0.454 e. The molecule has 0 aliphatic carbocycles. The number of halogens is 5. The van der Waals surface area contributed by atoms with Crippen molar-refractivity contribution < 1.29 is 30.8 Å². The van der Waals surface area contributed by atoms with Gasteiger partial charge in [-0.1, -0.05) is 0 Å². The van der Waals surface area contributed by atoms with Crippen LogP contribution in [0.15, 0.2) is 16.6 Å². The van der Waals surface area contributed by atoms with Crippen LogP contribution in [0.25, 0.3) is 0 Å². The van der Waals surface area contributed by atoms with Crippen LogP contribution in [-0.4, -0.2) is 38.9 Å². The lowest BCUT2D eigenvalue weighted by Gasteiger charge is -2.14. The highest BCUT2D eigenvalue weighted by Crippen LogP contribution is 2.31. The summed E-state index contributed by atoms with van der Waals surface area (Å²) in [6.07, 6.45) is -4.23. The number of hydrogen-bond donors (Lipinski definition) is 1. The molecule has 0 saturated heterocycles. The molecule has 1 rings (SSSR count). The van der Waals surface area contributed by atoms with Gasteiger partial charge in [0, 0.05) is 12.8 Å². The van der Waals surface area contributed by atoms with Gasteiger partial charge < -0.3 is 5.32 Å². The van der Waals surface area contributed by atoms with Crippen LogP contribution in [-0.2, 0) is 9.84 Å². The van der Waals surface area contributed by atoms with Crippen LogP contribution in [0.3, 0.4) is 0 Å². The van der Waals surface area contributed by atoms with Crippen LogP contribution in [0, 0.1) is 5.82 Å². The standard InChI is InChI=1S/C11H10BrF4NO3S/c1-21(19,20)5-4-17-9-6(10(18)11(14,15)16)2-3-7(12)8(9)13/h2-3,17H,4-5H2,1H3. The molecule has 21 heavy (non-hydrogen) atoms. The van der Waals surface area contributed by atoms with E-state index in [1.807, 2.05) is 0 Å². The van der Waals surface area contributed by atoms with E-state index in [1.54, 1.807) is 0 Å². The highest BCUT2D eigenvalue weighted by molar-refractivity contribution is 9.10. The third kappa shape index (κ3) is 4.95. The first-order valence-electron chi connectivity index (χ1n) is 5.44. The second-order valence-electron chi connectivity index (χ2n) is 4.17. The summed E-state index contributed by atoms with van der Waals surface area (Å²) in [4.78, 5) is 11.2. The Bertz CT molecular complexity index is 658. The van der Waals surface area contributed by atoms with Crippen molar-refractivity contribution in [3.63, 3.8) is 0 Å². The molecule has 1 aromatic carbocycles. The summed E-state index contributed by atoms with van der Waals surface area (Å²) in [6.45, 7) is -0.329. The van der Waals surface area contributed by atoms with Crippen molar-refractivity contribution in [2.24, 2.45) is 0 Å². The summed E-state index contributed by atoms with van der Waals surface area (Å²) in [7, 11) is -3.38. The average Bonchev–Trinajstić information content (AvgIpc) is 2.31. The van der Waals surface area contributed by atoms with E-state index in [0.717, 1.165) is 18.4 Å². The summed E-state index contributed by atoms with van der Waals surface area (Å²) < 4.78 is 73.0. The molecule has 0 aliphatic heterocycles. The van der Waals surface area contributed by atoms with Gasteiger partial charge in [0.25, 0.3) is 5.78 Å². The first-order valence-corrected chi connectivity index (χ1v) is 8.30. The Labute approximate surface area is 126 Å². The van der Waals surface area contributed by atoms with Crippen molar-refractivity contribution in [2.45, 2.75) is 6.18 Å². The Balaban J connectivity index is 3.16. The second-order valence-corrected chi connectivity index (χ2v) is 7.28. The molecule has 0 amide bonds. The highest BCUT2D eigenvalue weighted by Gasteiger charge is 2.41. The second kappa shape index (κ2) is 6.30. The van der Waals surface area contributed by atoms with E-state index in [2.05, 4.69) is 21.2 Å². The van der Waals surface area contributed by atoms with E-state index in [-0.39, 0.29) is 11.0 Å². The van der Waals surface area contributed by atoms with E-state index >= 15 is 0 Å². The van der Waals surface area contributed by atoms with Gasteiger partial charge in [-0.2, -0.15) is 13.2 Å². The number of Topliss-reactive ketones (excluding diaryl/α,β-unsaturated/α-hetero) is 1. The number of sulfone groups is 1. The number of nitrogens with one attached hydrogen (secondary N) is 1. The van der Waals surface area contributed by atoms with Gasteiger partial charge in [0.2, 0.25) is 0 Å². The molecule has 1 aromatic rings. The first kappa shape index (κ1) is 17.9. The molecule has 0 aromatic heterocycles. The predicted octanol–water partition coefficient (Wildman–Crippen LogP) is 2.79. The van der Waals surface area contributed by atoms with E-state index in [0.29, 0.717) is 0 Å². The Morgan fingerprint density at radius 2 is 1.90 bits per heavy atom. The maximum absolute atomic E-state index is 13.9. The molecule has 4 nitrogen and oxygen atoms in total. The van der Waals surface area contributed by atoms with E-state index in [9.17, 15) is 30.8 Å². The van der Waals surface area contributed by atoms with Crippen molar-refractivity contribution in [3.8, 4) is 0 Å². The number of ketones is 1. The number of rotatable bonds is 5. The molecular weight excluding hydrogens is 382 g/mol. The zero-order chi connectivity index (χ0) is 16.4. The Kier molecular flexibility index (Phi) is 5.37. The number of carbonyl (C=O) groups excluding carboxylic acids is 1. The molecule has 0 heterocycles. The Morgan fingerprint density at radius 1 is 1.33 bits per heavy atom. The molecule has 0 fully saturated rings. The molecule has 0 bridgehead atoms. The van der Waals surface area contributed by atoms with Gasteiger partial charge in [-0.15, -0.1) is 0 Å². The first-order chi connectivity index (χ1) is 9.43. The summed E-state index contributed by atoms with van der Waals surface area (Å²) in [6, 6.07) is 1.78. The van der Waals surface area contributed by atoms with Crippen molar-refractivity contribution in [1.82, 2.24) is 0 Å². The van der Waals surface area contributed by atoms with Crippen LogP contribution in [0.5, 0.6) is 0 Å². The molecule has 118 valence electrons. The quantitative estimate of drug-likeness (QED) is 0.619. The average molecular weight is 392 g/mol. The number of benzene rings is 1. The normalized spacial score (nSPS) is 12.3. The number of anilines is 1. The lowest BCUT2D eigenvalue weighted by molar-refractivity contribution is -0.0884. The third-order valence-electron chi connectivity index (χ3n) is 2.37.